The molecule has 1 amide bonds. The summed E-state index contributed by atoms with van der Waals surface area (Å²) in [5.41, 5.74) is 6.44. The van der Waals surface area contributed by atoms with Crippen molar-refractivity contribution in [2.24, 2.45) is 17.8 Å². The lowest BCUT2D eigenvalue weighted by Gasteiger charge is -2.39. The van der Waals surface area contributed by atoms with Gasteiger partial charge in [0.1, 0.15) is 18.8 Å². The summed E-state index contributed by atoms with van der Waals surface area (Å²) in [6.45, 7) is 4.05. The first-order valence-electron chi connectivity index (χ1n) is 18.4. The Morgan fingerprint density at radius 1 is 0.800 bits per heavy atom. The molecule has 286 valence electrons. The van der Waals surface area contributed by atoms with Crippen molar-refractivity contribution in [3.05, 3.63) is 101 Å². The molecule has 1 saturated heterocycles. The highest BCUT2D eigenvalue weighted by atomic mass is 16.7. The number of hydrogen-bond acceptors (Lipinski definition) is 11. The minimum Gasteiger partial charge on any atom is -0.493 e. The van der Waals surface area contributed by atoms with E-state index in [1.807, 2.05) is 68.4 Å². The Balaban J connectivity index is 1.08. The molecule has 1 N–H and O–H groups in total. The standard InChI is InChI=1S/C43H43NO11/c1-22(2)14-32(44-43(47)52-19-30-26-12-8-6-10-24(26)25-11-7-9-13-27(25)30)41(45)55-39-29-18-34-33(53-21-54-34)17-28(29)37(38-31(39)20-51-42(38)46)23-15-35(48-3)40(50-5)36(16-23)49-4/h6-13,15-18,22,30-32,37-39H,14,19-21H2,1-5H3,(H,44,47)/t31-,32?,37+,38+,39-/m0/s1. The average Bonchev–Trinajstić information content (AvgIpc) is 3.90. The van der Waals surface area contributed by atoms with Crippen molar-refractivity contribution in [2.75, 3.05) is 41.3 Å². The number of benzene rings is 4. The first-order valence-corrected chi connectivity index (χ1v) is 18.4. The molecule has 4 aliphatic rings. The fourth-order valence-electron chi connectivity index (χ4n) is 8.62. The van der Waals surface area contributed by atoms with Crippen LogP contribution in [0.5, 0.6) is 28.7 Å². The lowest BCUT2D eigenvalue weighted by Crippen LogP contribution is -2.45. The van der Waals surface area contributed by atoms with E-state index in [2.05, 4.69) is 17.4 Å². The molecule has 0 radical (unpaired) electrons. The molecule has 1 unspecified atom stereocenters. The largest absolute Gasteiger partial charge is 0.493 e. The molecular weight excluding hydrogens is 706 g/mol. The van der Waals surface area contributed by atoms with Gasteiger partial charge in [0.2, 0.25) is 12.5 Å². The van der Waals surface area contributed by atoms with Crippen LogP contribution in [0.4, 0.5) is 4.79 Å². The number of alkyl carbamates (subject to hydrolysis) is 1. The van der Waals surface area contributed by atoms with Crippen LogP contribution in [0.25, 0.3) is 11.1 Å². The van der Waals surface area contributed by atoms with Gasteiger partial charge >= 0.3 is 18.0 Å². The predicted octanol–water partition coefficient (Wildman–Crippen LogP) is 6.91. The third-order valence-electron chi connectivity index (χ3n) is 11.0. The molecular formula is C43H43NO11. The van der Waals surface area contributed by atoms with E-state index in [0.717, 1.165) is 22.3 Å². The van der Waals surface area contributed by atoms with E-state index >= 15 is 0 Å². The van der Waals surface area contributed by atoms with Gasteiger partial charge in [-0.25, -0.2) is 9.59 Å². The van der Waals surface area contributed by atoms with E-state index in [-0.39, 0.29) is 31.8 Å². The lowest BCUT2D eigenvalue weighted by atomic mass is 9.66. The molecule has 2 heterocycles. The van der Waals surface area contributed by atoms with Crippen LogP contribution in [0, 0.1) is 17.8 Å². The Kier molecular flexibility index (Phi) is 9.66. The number of carbonyl (C=O) groups excluding carboxylic acids is 3. The molecule has 0 saturated carbocycles. The number of cyclic esters (lactones) is 1. The molecule has 0 spiro atoms. The first-order chi connectivity index (χ1) is 26.7. The Labute approximate surface area is 318 Å². The van der Waals surface area contributed by atoms with Gasteiger partial charge in [0.25, 0.3) is 0 Å². The molecule has 2 aliphatic carbocycles. The summed E-state index contributed by atoms with van der Waals surface area (Å²) < 4.78 is 46.4. The monoisotopic (exact) mass is 749 g/mol. The van der Waals surface area contributed by atoms with Gasteiger partial charge in [-0.15, -0.1) is 0 Å². The van der Waals surface area contributed by atoms with E-state index in [0.29, 0.717) is 51.9 Å². The number of amides is 1. The number of methoxy groups -OCH3 is 3. The zero-order valence-corrected chi connectivity index (χ0v) is 31.3. The second-order valence-electron chi connectivity index (χ2n) is 14.6. The Morgan fingerprint density at radius 2 is 1.42 bits per heavy atom. The zero-order chi connectivity index (χ0) is 38.4. The highest BCUT2D eigenvalue weighted by Gasteiger charge is 2.54. The van der Waals surface area contributed by atoms with Crippen molar-refractivity contribution in [3.8, 4) is 39.9 Å². The number of nitrogens with one attached hydrogen (secondary N) is 1. The van der Waals surface area contributed by atoms with Crippen LogP contribution in [0.15, 0.2) is 72.8 Å². The van der Waals surface area contributed by atoms with E-state index in [9.17, 15) is 14.4 Å². The van der Waals surface area contributed by atoms with Gasteiger partial charge in [-0.1, -0.05) is 62.4 Å². The highest BCUT2D eigenvalue weighted by Crippen LogP contribution is 2.56. The molecule has 5 atom stereocenters. The van der Waals surface area contributed by atoms with Crippen molar-refractivity contribution < 1.29 is 52.3 Å². The van der Waals surface area contributed by atoms with Crippen LogP contribution in [-0.4, -0.2) is 65.4 Å². The molecule has 1 fully saturated rings. The summed E-state index contributed by atoms with van der Waals surface area (Å²) in [5.74, 6) is -0.825. The van der Waals surface area contributed by atoms with Crippen LogP contribution in [0.1, 0.15) is 66.0 Å². The summed E-state index contributed by atoms with van der Waals surface area (Å²) in [7, 11) is 4.58. The second-order valence-corrected chi connectivity index (χ2v) is 14.6. The maximum Gasteiger partial charge on any atom is 0.407 e. The number of ether oxygens (including phenoxy) is 8. The summed E-state index contributed by atoms with van der Waals surface area (Å²) in [4.78, 5) is 41.4. The zero-order valence-electron chi connectivity index (χ0n) is 31.3. The third-order valence-corrected chi connectivity index (χ3v) is 11.0. The average molecular weight is 750 g/mol. The van der Waals surface area contributed by atoms with E-state index in [1.54, 1.807) is 6.07 Å². The van der Waals surface area contributed by atoms with Crippen LogP contribution in [-0.2, 0) is 23.8 Å². The quantitative estimate of drug-likeness (QED) is 0.127. The van der Waals surface area contributed by atoms with Gasteiger partial charge < -0.3 is 43.2 Å². The van der Waals surface area contributed by atoms with E-state index in [4.69, 9.17) is 37.9 Å². The second kappa shape index (κ2) is 14.7. The van der Waals surface area contributed by atoms with Gasteiger partial charge in [-0.2, -0.15) is 0 Å². The molecule has 0 bridgehead atoms. The summed E-state index contributed by atoms with van der Waals surface area (Å²) in [5, 5.41) is 2.80. The number of hydrogen-bond donors (Lipinski definition) is 1. The van der Waals surface area contributed by atoms with Crippen LogP contribution < -0.4 is 29.0 Å². The predicted molar refractivity (Wildman–Crippen MR) is 199 cm³/mol. The molecule has 55 heavy (non-hydrogen) atoms. The van der Waals surface area contributed by atoms with Gasteiger partial charge in [0, 0.05) is 23.3 Å². The van der Waals surface area contributed by atoms with Crippen molar-refractivity contribution in [1.29, 1.82) is 0 Å². The molecule has 4 aromatic rings. The topological polar surface area (TPSA) is 137 Å². The molecule has 12 heteroatoms. The minimum atomic E-state index is -1.03. The number of esters is 2. The van der Waals surface area contributed by atoms with Gasteiger partial charge in [-0.05, 0) is 70.0 Å². The Hall–Kier alpha value is -5.91. The number of fused-ring (bicyclic) bond motifs is 6. The molecule has 8 rings (SSSR count). The van der Waals surface area contributed by atoms with E-state index in [1.165, 1.54) is 21.3 Å². The van der Waals surface area contributed by atoms with Gasteiger partial charge in [0.05, 0.1) is 33.9 Å². The van der Waals surface area contributed by atoms with E-state index < -0.39 is 47.9 Å². The minimum absolute atomic E-state index is 0.0188. The fraction of sp³-hybridized carbons (Fsp3) is 0.372. The molecule has 4 aromatic carbocycles. The summed E-state index contributed by atoms with van der Waals surface area (Å²) in [6, 6.07) is 22.4. The van der Waals surface area contributed by atoms with Gasteiger partial charge in [-0.3, -0.25) is 4.79 Å². The third kappa shape index (κ3) is 6.43. The fourth-order valence-corrected chi connectivity index (χ4v) is 8.62. The van der Waals surface area contributed by atoms with Crippen LogP contribution in [0.2, 0.25) is 0 Å². The maximum atomic E-state index is 14.3. The Bertz CT molecular complexity index is 2080. The van der Waals surface area contributed by atoms with Crippen LogP contribution in [0.3, 0.4) is 0 Å². The number of carbonyl (C=O) groups is 3. The molecule has 0 aromatic heterocycles. The molecule has 12 nitrogen and oxygen atoms in total. The maximum absolute atomic E-state index is 14.3. The van der Waals surface area contributed by atoms with Crippen LogP contribution >= 0.6 is 0 Å². The normalized spacial score (nSPS) is 20.7. The smallest absolute Gasteiger partial charge is 0.407 e. The first kappa shape index (κ1) is 36.1. The Morgan fingerprint density at radius 3 is 2.02 bits per heavy atom. The number of rotatable bonds is 11. The van der Waals surface area contributed by atoms with Crippen molar-refractivity contribution in [2.45, 2.75) is 44.2 Å². The highest BCUT2D eigenvalue weighted by molar-refractivity contribution is 5.83. The van der Waals surface area contributed by atoms with Crippen molar-refractivity contribution >= 4 is 18.0 Å². The lowest BCUT2D eigenvalue weighted by molar-refractivity contribution is -0.157. The molecule has 2 aliphatic heterocycles. The van der Waals surface area contributed by atoms with Crippen molar-refractivity contribution in [3.63, 3.8) is 0 Å². The van der Waals surface area contributed by atoms with Gasteiger partial charge in [0.15, 0.2) is 23.0 Å². The van der Waals surface area contributed by atoms with Crippen molar-refractivity contribution in [1.82, 2.24) is 5.32 Å². The summed E-state index contributed by atoms with van der Waals surface area (Å²) in [6.07, 6.45) is -1.34. The summed E-state index contributed by atoms with van der Waals surface area (Å²) >= 11 is 0. The SMILES string of the molecule is COc1cc([C@@H]2c3cc4c(cc3[C@H](OC(=O)C(CC(C)C)NC(=O)OCC3c5ccccc5-c5ccccc53)[C@H]3COC(=O)[C@@H]23)OCO4)cc(OC)c1OC.